The van der Waals surface area contributed by atoms with Gasteiger partial charge in [-0.3, -0.25) is 0 Å². The van der Waals surface area contributed by atoms with Crippen LogP contribution in [0.5, 0.6) is 34.5 Å². The van der Waals surface area contributed by atoms with Crippen molar-refractivity contribution in [3.05, 3.63) is 344 Å². The van der Waals surface area contributed by atoms with Crippen molar-refractivity contribution >= 4 is 161 Å². The molecule has 5 N–H and O–H groups in total. The first-order valence-corrected chi connectivity index (χ1v) is 55.5. The summed E-state index contributed by atoms with van der Waals surface area (Å²) in [7, 11) is 0. The Morgan fingerprint density at radius 1 is 0.269 bits per heavy atom. The van der Waals surface area contributed by atoms with E-state index in [0.717, 1.165) is 157 Å². The minimum absolute atomic E-state index is 0. The summed E-state index contributed by atoms with van der Waals surface area (Å²) >= 11 is 66.8. The SMILES string of the molecule is Clc1cc(Cl)cc(OC[C@H]2CCC=C2CCCc2cc[c-]s2)c1.OCc1cc(Cl)cc(OC[C@@H]2C(CCCc3cc[c-]s3)=CC[C@H]2O)c1.OCc1cc(Cl)cc(OC[C@H]2CCC=C2CCCc2cc[c-]s2)c1.O[C@@H]1CC=C(CCCc2cc[c-]s2)[C@H]1COc1cc(Cl)cc(Cl)c1.[CH2-]CCCCCC1=CCC[C@@H]1COc1cc(Cl)cc(Cl)c1.[CH2-]CCCCCC1=CC[C@@H](O)[C@@H]1COc1cc(Cl)cc(Cl)c1.[Y].[Y].[Y].[Y].[Y].[Y]. The van der Waals surface area contributed by atoms with Crippen molar-refractivity contribution in [1.29, 1.82) is 0 Å². The van der Waals surface area contributed by atoms with E-state index < -0.39 is 0 Å². The third kappa shape index (κ3) is 51.3. The largest absolute Gasteiger partial charge is 0.493 e. The van der Waals surface area contributed by atoms with E-state index in [9.17, 15) is 25.5 Å². The molecule has 6 aromatic carbocycles. The topological polar surface area (TPSA) is 157 Å². The van der Waals surface area contributed by atoms with Crippen molar-refractivity contribution in [3.63, 3.8) is 0 Å². The van der Waals surface area contributed by atoms with Gasteiger partial charge in [0.1, 0.15) is 34.5 Å². The Morgan fingerprint density at radius 2 is 0.497 bits per heavy atom. The number of hydrogen-bond donors (Lipinski definition) is 5. The molecule has 10 aromatic rings. The summed E-state index contributed by atoms with van der Waals surface area (Å²) in [5.74, 6) is 5.85. The van der Waals surface area contributed by atoms with Gasteiger partial charge in [-0.1, -0.05) is 263 Å². The quantitative estimate of drug-likeness (QED) is 0.0141. The maximum atomic E-state index is 10.3. The van der Waals surface area contributed by atoms with Crippen LogP contribution in [0, 0.1) is 70.9 Å². The van der Waals surface area contributed by atoms with E-state index in [0.29, 0.717) is 131 Å². The summed E-state index contributed by atoms with van der Waals surface area (Å²) in [5.41, 5.74) is 10.0. The predicted octanol–water partition coefficient (Wildman–Crippen LogP) is 33.9. The second-order valence-electron chi connectivity index (χ2n) is 35.7. The first kappa shape index (κ1) is 136. The van der Waals surface area contributed by atoms with Crippen molar-refractivity contribution in [1.82, 2.24) is 0 Å². The van der Waals surface area contributed by atoms with E-state index in [1.54, 1.807) is 129 Å². The van der Waals surface area contributed by atoms with Crippen LogP contribution in [0.3, 0.4) is 0 Å². The Bertz CT molecular complexity index is 5420. The number of allylic oxidation sites excluding steroid dienone is 3. The van der Waals surface area contributed by atoms with Gasteiger partial charge in [0.05, 0.1) is 71.2 Å². The molecule has 0 fully saturated rings. The number of ether oxygens (including phenoxy) is 6. The molecule has 145 heavy (non-hydrogen) atoms. The van der Waals surface area contributed by atoms with Gasteiger partial charge in [0.25, 0.3) is 0 Å². The van der Waals surface area contributed by atoms with Gasteiger partial charge >= 0.3 is 0 Å². The number of thiophene rings is 4. The van der Waals surface area contributed by atoms with E-state index in [1.165, 1.54) is 106 Å². The van der Waals surface area contributed by atoms with Gasteiger partial charge in [0.2, 0.25) is 0 Å². The first-order chi connectivity index (χ1) is 67.5. The van der Waals surface area contributed by atoms with Crippen LogP contribution in [-0.2, 0) is 235 Å². The zero-order valence-electron chi connectivity index (χ0n) is 82.2. The summed E-state index contributed by atoms with van der Waals surface area (Å²) in [6.07, 6.45) is 46.3. The van der Waals surface area contributed by atoms with Crippen LogP contribution in [-0.4, -0.2) is 83.5 Å². The van der Waals surface area contributed by atoms with Gasteiger partial charge in [0, 0.05) is 282 Å². The van der Waals surface area contributed by atoms with Gasteiger partial charge in [-0.2, -0.15) is 37.1 Å². The van der Waals surface area contributed by atoms with Gasteiger partial charge in [-0.15, -0.1) is 41.0 Å². The molecule has 6 aliphatic carbocycles. The molecular formula is C114H128Cl10O11S4Y6-6. The number of aliphatic hydroxyl groups is 5. The smallest absolute Gasteiger partial charge is 0.122 e. The van der Waals surface area contributed by atoms with Crippen molar-refractivity contribution < 1.29 is 250 Å². The normalized spacial score (nSPS) is 18.1. The van der Waals surface area contributed by atoms with Gasteiger partial charge in [0.15, 0.2) is 0 Å². The molecule has 9 atom stereocenters. The Kier molecular flexibility index (Phi) is 72.5. The van der Waals surface area contributed by atoms with Crippen LogP contribution in [0.15, 0.2) is 228 Å². The molecule has 0 saturated carbocycles. The second-order valence-corrected chi connectivity index (χ2v) is 44.0. The van der Waals surface area contributed by atoms with Crippen LogP contribution in [0.25, 0.3) is 0 Å². The molecule has 6 aliphatic rings. The van der Waals surface area contributed by atoms with Gasteiger partial charge in [-0.05, 0) is 229 Å². The molecule has 0 amide bonds. The Balaban J connectivity index is 0.000000304. The average molecular weight is 2690 g/mol. The molecule has 16 rings (SSSR count). The zero-order valence-corrected chi connectivity index (χ0v) is 110. The maximum Gasteiger partial charge on any atom is 0.122 e. The predicted molar refractivity (Wildman–Crippen MR) is 584 cm³/mol. The third-order valence-electron chi connectivity index (χ3n) is 25.3. The van der Waals surface area contributed by atoms with E-state index in [-0.39, 0.29) is 246 Å². The average Bonchev–Trinajstić information content (AvgIpc) is 1.73. The number of unbranched alkanes of at least 4 members (excludes halogenated alkanes) is 6. The molecular weight excluding hydrogens is 2560 g/mol. The molecule has 11 nitrogen and oxygen atoms in total. The minimum atomic E-state index is -0.387. The number of halogens is 10. The van der Waals surface area contributed by atoms with Crippen molar-refractivity contribution in [2.75, 3.05) is 39.6 Å². The van der Waals surface area contributed by atoms with Crippen LogP contribution >= 0.6 is 161 Å². The fraction of sp³-hybridized carbons (Fsp3) is 0.421. The molecule has 0 bridgehead atoms. The molecule has 0 unspecified atom stereocenters. The van der Waals surface area contributed by atoms with E-state index in [1.807, 2.05) is 60.7 Å². The van der Waals surface area contributed by atoms with Crippen molar-refractivity contribution in [2.24, 2.45) is 35.5 Å². The molecule has 4 aromatic heterocycles. The van der Waals surface area contributed by atoms with Crippen LogP contribution in [0.1, 0.15) is 204 Å². The third-order valence-corrected chi connectivity index (χ3v) is 30.9. The number of hydrogen-bond acceptors (Lipinski definition) is 15. The van der Waals surface area contributed by atoms with Crippen LogP contribution < -0.4 is 28.4 Å². The second kappa shape index (κ2) is 77.2. The molecule has 0 aliphatic heterocycles. The summed E-state index contributed by atoms with van der Waals surface area (Å²) < 4.78 is 35.3. The monoisotopic (exact) mass is 2680 g/mol. The number of rotatable bonds is 46. The van der Waals surface area contributed by atoms with E-state index >= 15 is 0 Å². The number of aliphatic hydroxyl groups excluding tert-OH is 5. The minimum Gasteiger partial charge on any atom is -0.493 e. The van der Waals surface area contributed by atoms with E-state index in [4.69, 9.17) is 144 Å². The molecule has 0 spiro atoms. The van der Waals surface area contributed by atoms with E-state index in [2.05, 4.69) is 96.1 Å². The molecule has 4 heterocycles. The maximum absolute atomic E-state index is 10.3. The summed E-state index contributed by atoms with van der Waals surface area (Å²) in [4.78, 5) is 5.54. The summed E-state index contributed by atoms with van der Waals surface area (Å²) in [6, 6.07) is 48.2. The van der Waals surface area contributed by atoms with Crippen molar-refractivity contribution in [3.8, 4) is 34.5 Å². The van der Waals surface area contributed by atoms with Gasteiger partial charge < -0.3 is 113 Å². The Labute approximate surface area is 1080 Å². The fourth-order valence-corrected chi connectivity index (χ4v) is 23.2. The standard InChI is InChI=1S/C20H22ClO3S.C20H22ClO2S.C19H19Cl2O2S.C19H19Cl2OS.C18H23Cl2O2.C18H23Cl2O.6Y/c21-16-9-14(12-22)10-17(11-16)24-13-19-15(6-7-20(19)23)3-1-4-18-5-2-8-25-18;21-18-10-15(13-22)11-19(12-18)23-14-17-6-1-4-16(17)5-2-7-20-8-3-9-24-20;20-14-9-15(21)11-16(10-14)23-12-18-13(6-7-19(18)22)3-1-4-17-5-2-8-24-17;20-16-10-17(21)12-18(11-16)22-13-15-6-1-4-14(15)5-2-7-19-8-3-9-23-19;1-2-3-4-5-6-13-7-8-18(21)17(13)12-22-16-10-14(19)9-15(20)11-16;1-2-3-4-5-7-14-8-6-9-15(14)13-21-18-11-16(19)10-17(20)12-18;;;;;;/h2,5-6,9-11,19-20,22-23H,1,3-4,7,12-13H2;3-4,8,10-12,17,22H,1-2,5-7,13-14H2;2,5-6,9-11,18-19,22H,1,3-4,7,12H2;3-4,8,10-12,15H,1-2,5-7,13H2;7,9-11,17-18,21H,1-6,8,12H2;8,10-12,15H,1-7,9,13H2;;;;;;/q6*-1;;;;;;/t19-,20-;17-;18-,19-;15-;17-,18-;15-;;;;;;/m111111....../s1. The number of aryl methyl sites for hydroxylation is 4. The molecule has 31 heteroatoms. The summed E-state index contributed by atoms with van der Waals surface area (Å²) in [6.45, 7) is 11.1. The Morgan fingerprint density at radius 3 is 0.738 bits per heavy atom. The van der Waals surface area contributed by atoms with Gasteiger partial charge in [-0.25, -0.2) is 24.3 Å². The van der Waals surface area contributed by atoms with Crippen LogP contribution in [0.4, 0.5) is 0 Å². The fourth-order valence-electron chi connectivity index (χ4n) is 18.0. The van der Waals surface area contributed by atoms with Crippen LogP contribution in [0.2, 0.25) is 50.2 Å². The van der Waals surface area contributed by atoms with Crippen molar-refractivity contribution in [2.45, 2.75) is 231 Å². The number of benzene rings is 6. The Hall–Kier alpha value is 0.683. The zero-order chi connectivity index (χ0) is 98.5. The first-order valence-electron chi connectivity index (χ1n) is 48.5. The molecule has 768 valence electrons. The summed E-state index contributed by atoms with van der Waals surface area (Å²) in [5, 5.41) is 67.5. The molecule has 6 radical (unpaired) electrons. The molecule has 0 saturated heterocycles.